The van der Waals surface area contributed by atoms with E-state index in [1.807, 2.05) is 30.0 Å². The second-order valence-electron chi connectivity index (χ2n) is 8.08. The van der Waals surface area contributed by atoms with Gasteiger partial charge in [-0.15, -0.1) is 10.2 Å². The second-order valence-corrected chi connectivity index (χ2v) is 8.08. The van der Waals surface area contributed by atoms with Crippen LogP contribution in [0, 0.1) is 12.3 Å². The fourth-order valence-electron chi connectivity index (χ4n) is 4.59. The van der Waals surface area contributed by atoms with Gasteiger partial charge < -0.3 is 14.1 Å². The minimum atomic E-state index is -0.119. The zero-order valence-electron chi connectivity index (χ0n) is 16.8. The average Bonchev–Trinajstić information content (AvgIpc) is 3.40. The third kappa shape index (κ3) is 3.27. The van der Waals surface area contributed by atoms with Gasteiger partial charge in [0.1, 0.15) is 0 Å². The molecule has 3 aromatic rings. The van der Waals surface area contributed by atoms with E-state index in [2.05, 4.69) is 20.2 Å². The number of hydrogen-bond acceptors (Lipinski definition) is 7. The van der Waals surface area contributed by atoms with Crippen LogP contribution in [0.5, 0.6) is 0 Å². The molecule has 0 aliphatic carbocycles. The minimum Gasteiger partial charge on any atom is -0.420 e. The molecule has 2 saturated heterocycles. The van der Waals surface area contributed by atoms with Crippen LogP contribution in [-0.4, -0.2) is 57.3 Å². The maximum Gasteiger partial charge on any atom is 0.255 e. The predicted molar refractivity (Wildman–Crippen MR) is 108 cm³/mol. The van der Waals surface area contributed by atoms with Crippen molar-refractivity contribution in [3.05, 3.63) is 60.0 Å². The maximum absolute atomic E-state index is 13.3. The molecular weight excluding hydrogens is 382 g/mol. The van der Waals surface area contributed by atoms with Crippen LogP contribution in [0.25, 0.3) is 11.5 Å². The van der Waals surface area contributed by atoms with Crippen LogP contribution in [0.2, 0.25) is 0 Å². The molecule has 30 heavy (non-hydrogen) atoms. The Bertz CT molecular complexity index is 1050. The van der Waals surface area contributed by atoms with Gasteiger partial charge >= 0.3 is 0 Å². The summed E-state index contributed by atoms with van der Waals surface area (Å²) in [5, 5.41) is 8.64. The molecule has 8 nitrogen and oxygen atoms in total. The molecule has 0 radical (unpaired) electrons. The van der Waals surface area contributed by atoms with Gasteiger partial charge in [0.2, 0.25) is 11.8 Å². The van der Waals surface area contributed by atoms with E-state index in [4.69, 9.17) is 9.15 Å². The van der Waals surface area contributed by atoms with E-state index in [0.717, 1.165) is 24.0 Å². The first-order valence-corrected chi connectivity index (χ1v) is 10.2. The predicted octanol–water partition coefficient (Wildman–Crippen LogP) is 2.87. The lowest BCUT2D eigenvalue weighted by atomic mass is 9.72. The molecule has 2 fully saturated rings. The van der Waals surface area contributed by atoms with Crippen LogP contribution in [0.1, 0.15) is 40.6 Å². The summed E-state index contributed by atoms with van der Waals surface area (Å²) in [6.07, 6.45) is 8.48. The Labute approximate surface area is 174 Å². The van der Waals surface area contributed by atoms with Gasteiger partial charge in [-0.3, -0.25) is 14.8 Å². The largest absolute Gasteiger partial charge is 0.420 e. The lowest BCUT2D eigenvalue weighted by Crippen LogP contribution is -2.37. The quantitative estimate of drug-likeness (QED) is 0.661. The second kappa shape index (κ2) is 7.60. The standard InChI is InChI=1S/C22H23N5O3/c1-15-2-7-24-12-17(15)21(28)27-13-18(22(14-27)5-10-29-11-6-22)20-26-25-19(30-20)16-3-8-23-9-4-16/h2-4,7-9,12,18H,5-6,10-11,13-14H2,1H3. The molecule has 0 saturated carbocycles. The van der Waals surface area contributed by atoms with Crippen LogP contribution < -0.4 is 0 Å². The van der Waals surface area contributed by atoms with Crippen molar-refractivity contribution in [3.63, 3.8) is 0 Å². The fraction of sp³-hybridized carbons (Fsp3) is 0.409. The molecule has 1 amide bonds. The number of pyridine rings is 2. The lowest BCUT2D eigenvalue weighted by molar-refractivity contribution is 0.00907. The number of amides is 1. The van der Waals surface area contributed by atoms with E-state index in [9.17, 15) is 4.79 Å². The Morgan fingerprint density at radius 1 is 1.10 bits per heavy atom. The summed E-state index contributed by atoms with van der Waals surface area (Å²) in [6, 6.07) is 5.55. The first-order valence-electron chi connectivity index (χ1n) is 10.2. The van der Waals surface area contributed by atoms with Gasteiger partial charge in [0, 0.05) is 62.1 Å². The number of carbonyl (C=O) groups excluding carboxylic acids is 1. The number of aromatic nitrogens is 4. The van der Waals surface area contributed by atoms with E-state index in [1.165, 1.54) is 0 Å². The smallest absolute Gasteiger partial charge is 0.255 e. The Morgan fingerprint density at radius 3 is 2.63 bits per heavy atom. The zero-order chi connectivity index (χ0) is 20.6. The van der Waals surface area contributed by atoms with Crippen LogP contribution in [0.3, 0.4) is 0 Å². The third-order valence-corrected chi connectivity index (χ3v) is 6.36. The van der Waals surface area contributed by atoms with Crippen LogP contribution in [0.15, 0.2) is 47.4 Å². The molecule has 0 bridgehead atoms. The number of aryl methyl sites for hydroxylation is 1. The summed E-state index contributed by atoms with van der Waals surface area (Å²) in [5.74, 6) is 1.04. The van der Waals surface area contributed by atoms with Crippen LogP contribution >= 0.6 is 0 Å². The van der Waals surface area contributed by atoms with Crippen molar-refractivity contribution in [1.29, 1.82) is 0 Å². The van der Waals surface area contributed by atoms with Crippen LogP contribution in [-0.2, 0) is 4.74 Å². The van der Waals surface area contributed by atoms with Gasteiger partial charge in [-0.2, -0.15) is 0 Å². The van der Waals surface area contributed by atoms with Gasteiger partial charge in [-0.1, -0.05) is 0 Å². The van der Waals surface area contributed by atoms with Crippen molar-refractivity contribution in [2.24, 2.45) is 5.41 Å². The molecule has 1 atom stereocenters. The van der Waals surface area contributed by atoms with Crippen molar-refractivity contribution in [2.75, 3.05) is 26.3 Å². The van der Waals surface area contributed by atoms with E-state index in [0.29, 0.717) is 43.6 Å². The van der Waals surface area contributed by atoms with Gasteiger partial charge in [-0.25, -0.2) is 0 Å². The van der Waals surface area contributed by atoms with Crippen molar-refractivity contribution in [1.82, 2.24) is 25.1 Å². The minimum absolute atomic E-state index is 0.00263. The molecule has 0 N–H and O–H groups in total. The number of nitrogens with zero attached hydrogens (tertiary/aromatic N) is 5. The molecule has 2 aliphatic rings. The maximum atomic E-state index is 13.3. The summed E-state index contributed by atoms with van der Waals surface area (Å²) in [4.78, 5) is 23.4. The first-order chi connectivity index (χ1) is 14.7. The highest BCUT2D eigenvalue weighted by Gasteiger charge is 2.51. The molecule has 1 unspecified atom stereocenters. The van der Waals surface area contributed by atoms with Gasteiger partial charge in [0.25, 0.3) is 5.91 Å². The molecule has 5 rings (SSSR count). The SMILES string of the molecule is Cc1ccncc1C(=O)N1CC(c2nnc(-c3ccncc3)o2)C2(CCOCC2)C1. The molecule has 1 spiro atoms. The fourth-order valence-corrected chi connectivity index (χ4v) is 4.59. The number of likely N-dealkylation sites (tertiary alicyclic amines) is 1. The van der Waals surface area contributed by atoms with E-state index < -0.39 is 0 Å². The van der Waals surface area contributed by atoms with Crippen molar-refractivity contribution >= 4 is 5.91 Å². The molecule has 154 valence electrons. The summed E-state index contributed by atoms with van der Waals surface area (Å²) in [6.45, 7) is 4.49. The highest BCUT2D eigenvalue weighted by atomic mass is 16.5. The van der Waals surface area contributed by atoms with Gasteiger partial charge in [0.15, 0.2) is 0 Å². The summed E-state index contributed by atoms with van der Waals surface area (Å²) in [5.41, 5.74) is 2.29. The van der Waals surface area contributed by atoms with E-state index in [1.54, 1.807) is 24.8 Å². The summed E-state index contributed by atoms with van der Waals surface area (Å²) < 4.78 is 11.7. The summed E-state index contributed by atoms with van der Waals surface area (Å²) >= 11 is 0. The Morgan fingerprint density at radius 2 is 1.87 bits per heavy atom. The molecular formula is C22H23N5O3. The third-order valence-electron chi connectivity index (χ3n) is 6.36. The summed E-state index contributed by atoms with van der Waals surface area (Å²) in [7, 11) is 0. The molecule has 2 aliphatic heterocycles. The van der Waals surface area contributed by atoms with Gasteiger partial charge in [-0.05, 0) is 43.5 Å². The molecule has 5 heterocycles. The van der Waals surface area contributed by atoms with Crippen molar-refractivity contribution < 1.29 is 13.9 Å². The van der Waals surface area contributed by atoms with Crippen LogP contribution in [0.4, 0.5) is 0 Å². The number of carbonyl (C=O) groups is 1. The number of rotatable bonds is 3. The Hall–Kier alpha value is -3.13. The highest BCUT2D eigenvalue weighted by molar-refractivity contribution is 5.95. The lowest BCUT2D eigenvalue weighted by Gasteiger charge is -2.36. The Balaban J connectivity index is 1.47. The van der Waals surface area contributed by atoms with E-state index in [-0.39, 0.29) is 17.2 Å². The number of ether oxygens (including phenoxy) is 1. The van der Waals surface area contributed by atoms with Gasteiger partial charge in [0.05, 0.1) is 11.5 Å². The number of hydrogen-bond donors (Lipinski definition) is 0. The average molecular weight is 405 g/mol. The molecule has 8 heteroatoms. The Kier molecular flexibility index (Phi) is 4.78. The zero-order valence-corrected chi connectivity index (χ0v) is 16.8. The first kappa shape index (κ1) is 18.9. The topological polar surface area (TPSA) is 94.2 Å². The van der Waals surface area contributed by atoms with E-state index >= 15 is 0 Å². The monoisotopic (exact) mass is 405 g/mol. The molecule has 0 aromatic carbocycles. The van der Waals surface area contributed by atoms with Crippen molar-refractivity contribution in [2.45, 2.75) is 25.7 Å². The molecule has 3 aromatic heterocycles. The highest BCUT2D eigenvalue weighted by Crippen LogP contribution is 2.49. The normalized spacial score (nSPS) is 20.6. The van der Waals surface area contributed by atoms with Crippen molar-refractivity contribution in [3.8, 4) is 11.5 Å².